The maximum Gasteiger partial charge on any atom is 0.466 e. The average Bonchev–Trinajstić information content (AvgIpc) is 2.71. The van der Waals surface area contributed by atoms with Gasteiger partial charge in [-0.1, -0.05) is 19.0 Å². The Morgan fingerprint density at radius 1 is 0.971 bits per heavy atom. The Morgan fingerprint density at radius 2 is 1.44 bits per heavy atom. The lowest BCUT2D eigenvalue weighted by atomic mass is 10.0. The molecule has 198 valence electrons. The van der Waals surface area contributed by atoms with Crippen molar-refractivity contribution in [3.63, 3.8) is 0 Å². The first-order chi connectivity index (χ1) is 15.8. The second-order valence-electron chi connectivity index (χ2n) is 6.98. The van der Waals surface area contributed by atoms with Crippen LogP contribution in [0.25, 0.3) is 10.4 Å². The summed E-state index contributed by atoms with van der Waals surface area (Å²) in [6.45, 7) is 7.29. The summed E-state index contributed by atoms with van der Waals surface area (Å²) in [7, 11) is -4.64. The van der Waals surface area contributed by atoms with E-state index in [0.29, 0.717) is 33.0 Å². The lowest BCUT2D eigenvalue weighted by molar-refractivity contribution is -0.132. The van der Waals surface area contributed by atoms with Crippen molar-refractivity contribution < 1.29 is 47.8 Å². The monoisotopic (exact) mass is 514 g/mol. The topological polar surface area (TPSA) is 255 Å². The molecule has 0 unspecified atom stereocenters. The highest BCUT2D eigenvalue weighted by Gasteiger charge is 2.26. The first-order valence-electron chi connectivity index (χ1n) is 10.2. The summed E-state index contributed by atoms with van der Waals surface area (Å²) in [6, 6.07) is -1.59. The highest BCUT2D eigenvalue weighted by atomic mass is 31.2. The molecule has 0 radical (unpaired) electrons. The van der Waals surface area contributed by atoms with Gasteiger partial charge >= 0.3 is 7.82 Å². The van der Waals surface area contributed by atoms with Gasteiger partial charge in [-0.05, 0) is 18.4 Å². The van der Waals surface area contributed by atoms with Gasteiger partial charge in [0.1, 0.15) is 12.1 Å². The predicted octanol–water partition coefficient (Wildman–Crippen LogP) is -1.06. The number of amides is 3. The Kier molecular flexibility index (Phi) is 20.0. The van der Waals surface area contributed by atoms with Crippen molar-refractivity contribution in [2.45, 2.75) is 39.3 Å². The van der Waals surface area contributed by atoms with Crippen LogP contribution in [0.3, 0.4) is 0 Å². The zero-order chi connectivity index (χ0) is 26.6. The predicted molar refractivity (Wildman–Crippen MR) is 119 cm³/mol. The number of hydrogen-bond donors (Lipinski definition) is 6. The van der Waals surface area contributed by atoms with E-state index in [1.165, 1.54) is 6.92 Å². The van der Waals surface area contributed by atoms with Gasteiger partial charge in [-0.2, -0.15) is 0 Å². The number of phosphoric acid groups is 1. The molecular weight excluding hydrogens is 479 g/mol. The van der Waals surface area contributed by atoms with E-state index < -0.39 is 31.7 Å². The van der Waals surface area contributed by atoms with Gasteiger partial charge in [0.25, 0.3) is 0 Å². The van der Waals surface area contributed by atoms with Gasteiger partial charge in [-0.25, -0.2) is 4.57 Å². The third kappa shape index (κ3) is 24.4. The van der Waals surface area contributed by atoms with Gasteiger partial charge in [-0.3, -0.25) is 14.4 Å². The molecule has 0 aromatic carbocycles. The summed E-state index contributed by atoms with van der Waals surface area (Å²) in [5.74, 6) is -1.61. The molecule has 0 spiro atoms. The van der Waals surface area contributed by atoms with E-state index in [0.717, 1.165) is 0 Å². The minimum atomic E-state index is -4.64. The van der Waals surface area contributed by atoms with E-state index in [9.17, 15) is 14.4 Å². The lowest BCUT2D eigenvalue weighted by Gasteiger charge is -2.23. The smallest absolute Gasteiger partial charge is 0.379 e. The molecule has 16 nitrogen and oxygen atoms in total. The lowest BCUT2D eigenvalue weighted by Crippen LogP contribution is -2.54. The summed E-state index contributed by atoms with van der Waals surface area (Å²) in [6.07, 6.45) is 0.0877. The van der Waals surface area contributed by atoms with Crippen molar-refractivity contribution in [1.29, 1.82) is 0 Å². The van der Waals surface area contributed by atoms with Crippen molar-refractivity contribution in [1.82, 2.24) is 10.6 Å². The number of nitrogens with zero attached hydrogens (tertiary/aromatic N) is 3. The van der Waals surface area contributed by atoms with Crippen molar-refractivity contribution in [2.24, 2.45) is 16.8 Å². The fourth-order valence-corrected chi connectivity index (χ4v) is 2.01. The van der Waals surface area contributed by atoms with E-state index in [1.807, 2.05) is 0 Å². The fourth-order valence-electron chi connectivity index (χ4n) is 2.01. The molecule has 0 aromatic heterocycles. The Labute approximate surface area is 197 Å². The number of ether oxygens (including phenoxy) is 3. The van der Waals surface area contributed by atoms with Crippen LogP contribution in [-0.4, -0.2) is 90.7 Å². The molecular formula is C17H35N6O10P. The van der Waals surface area contributed by atoms with Gasteiger partial charge in [0.05, 0.1) is 39.6 Å². The molecule has 0 rings (SSSR count). The Balaban J connectivity index is 0. The van der Waals surface area contributed by atoms with Crippen molar-refractivity contribution in [2.75, 3.05) is 46.2 Å². The van der Waals surface area contributed by atoms with E-state index in [1.54, 1.807) is 13.8 Å². The number of primary amides is 1. The van der Waals surface area contributed by atoms with Crippen LogP contribution in [0, 0.1) is 5.92 Å². The van der Waals surface area contributed by atoms with Gasteiger partial charge in [0.15, 0.2) is 0 Å². The Bertz CT molecular complexity index is 690. The molecule has 34 heavy (non-hydrogen) atoms. The molecule has 0 heterocycles. The van der Waals surface area contributed by atoms with Crippen molar-refractivity contribution >= 4 is 25.5 Å². The Morgan fingerprint density at radius 3 is 1.88 bits per heavy atom. The fraction of sp³-hybridized carbons (Fsp3) is 0.824. The number of carbonyl (C=O) groups excluding carboxylic acids is 3. The summed E-state index contributed by atoms with van der Waals surface area (Å²) in [5, 5.41) is 8.44. The van der Waals surface area contributed by atoms with Gasteiger partial charge in [0.2, 0.25) is 17.7 Å². The van der Waals surface area contributed by atoms with Crippen LogP contribution in [0.1, 0.15) is 27.2 Å². The third-order valence-corrected chi connectivity index (χ3v) is 3.67. The van der Waals surface area contributed by atoms with Crippen LogP contribution in [0.4, 0.5) is 0 Å². The van der Waals surface area contributed by atoms with E-state index in [4.69, 9.17) is 44.7 Å². The molecule has 0 saturated heterocycles. The van der Waals surface area contributed by atoms with Crippen LogP contribution in [0.15, 0.2) is 5.11 Å². The molecule has 3 amide bonds. The molecule has 0 saturated carbocycles. The van der Waals surface area contributed by atoms with E-state index >= 15 is 0 Å². The van der Waals surface area contributed by atoms with Crippen LogP contribution in [0.2, 0.25) is 0 Å². The maximum atomic E-state index is 12.2. The van der Waals surface area contributed by atoms with E-state index in [-0.39, 0.29) is 31.4 Å². The van der Waals surface area contributed by atoms with Gasteiger partial charge in [0, 0.05) is 17.9 Å². The van der Waals surface area contributed by atoms with Gasteiger partial charge in [-0.15, -0.1) is 0 Å². The number of carbonyl (C=O) groups is 3. The highest BCUT2D eigenvalue weighted by Crippen LogP contribution is 2.25. The number of nitrogens with two attached hydrogens (primary N) is 1. The summed E-state index contributed by atoms with van der Waals surface area (Å²) >= 11 is 0. The highest BCUT2D eigenvalue weighted by molar-refractivity contribution is 7.45. The van der Waals surface area contributed by atoms with Gasteiger partial charge < -0.3 is 45.3 Å². The van der Waals surface area contributed by atoms with Crippen LogP contribution in [-0.2, 0) is 33.2 Å². The number of azide groups is 1. The van der Waals surface area contributed by atoms with Crippen LogP contribution in [0.5, 0.6) is 0 Å². The van der Waals surface area contributed by atoms with Crippen LogP contribution >= 0.6 is 7.82 Å². The number of hydrogen-bond acceptors (Lipinski definition) is 8. The minimum Gasteiger partial charge on any atom is -0.379 e. The SMILES string of the molecule is CC(C)[C@H](NC(=O)CCOCCOCCOCCN=[N+]=[N-])C(=O)N[C@@H](C)C(N)=O.O=P(O)(O)O. The second-order valence-corrected chi connectivity index (χ2v) is 8.00. The molecule has 0 aromatic rings. The summed E-state index contributed by atoms with van der Waals surface area (Å²) < 4.78 is 24.7. The maximum absolute atomic E-state index is 12.2. The first-order valence-corrected chi connectivity index (χ1v) is 11.8. The standard InChI is InChI=1S/C17H32N6O6.H3O4P/c1-12(2)15(17(26)21-13(3)16(18)25)22-14(24)4-6-27-8-10-29-11-9-28-7-5-20-23-19;1-5(2,3)4/h12-13,15H,4-11H2,1-3H3,(H2,18,25)(H,21,26)(H,22,24);(H3,1,2,3,4)/t13-,15-;/m0./s1. The van der Waals surface area contributed by atoms with Crippen molar-refractivity contribution in [3.05, 3.63) is 10.4 Å². The van der Waals surface area contributed by atoms with Crippen LogP contribution < -0.4 is 16.4 Å². The molecule has 0 aliphatic rings. The van der Waals surface area contributed by atoms with E-state index in [2.05, 4.69) is 20.7 Å². The summed E-state index contributed by atoms with van der Waals surface area (Å²) in [5.41, 5.74) is 13.2. The summed E-state index contributed by atoms with van der Waals surface area (Å²) in [4.78, 5) is 59.4. The number of nitrogens with one attached hydrogen (secondary N) is 2. The second kappa shape index (κ2) is 20.1. The van der Waals surface area contributed by atoms with Crippen molar-refractivity contribution in [3.8, 4) is 0 Å². The molecule has 0 aliphatic carbocycles. The normalized spacial score (nSPS) is 12.6. The average molecular weight is 514 g/mol. The third-order valence-electron chi connectivity index (χ3n) is 3.67. The molecule has 17 heteroatoms. The Hall–Kier alpha value is -2.29. The zero-order valence-electron chi connectivity index (χ0n) is 19.5. The molecule has 2 atom stereocenters. The molecule has 0 aliphatic heterocycles. The largest absolute Gasteiger partial charge is 0.466 e. The quantitative estimate of drug-likeness (QED) is 0.0450. The molecule has 0 bridgehead atoms. The molecule has 7 N–H and O–H groups in total. The number of rotatable bonds is 17. The minimum absolute atomic E-state index is 0.0877. The first kappa shape index (κ1) is 33.9. The zero-order valence-corrected chi connectivity index (χ0v) is 20.3. The molecule has 0 fully saturated rings.